The van der Waals surface area contributed by atoms with Crippen LogP contribution in [0.15, 0.2) is 54.6 Å². The fourth-order valence-corrected chi connectivity index (χ4v) is 2.58. The molecule has 1 fully saturated rings. The molecule has 0 amide bonds. The highest BCUT2D eigenvalue weighted by Crippen LogP contribution is 2.40. The summed E-state index contributed by atoms with van der Waals surface area (Å²) in [6.07, 6.45) is -5.00. The molecule has 3 rings (SSSR count). The summed E-state index contributed by atoms with van der Waals surface area (Å²) in [6, 6.07) is 13.8. The Balaban J connectivity index is 1.86. The second kappa shape index (κ2) is 6.28. The quantitative estimate of drug-likeness (QED) is 0.886. The van der Waals surface area contributed by atoms with Crippen LogP contribution in [0.2, 0.25) is 0 Å². The standard InChI is InChI=1S/C18H15F3O3/c19-18(20,21)13-8-6-12(7-9-13)16(11-4-2-1-3-5-11)24-15-10-14(15)17(22)23/h1-9,14-16H,10H2,(H,22,23)/t14-,15-,16?/m1/s1. The van der Waals surface area contributed by atoms with Crippen molar-refractivity contribution in [3.8, 4) is 0 Å². The van der Waals surface area contributed by atoms with E-state index < -0.39 is 35.8 Å². The van der Waals surface area contributed by atoms with Crippen LogP contribution in [0.3, 0.4) is 0 Å². The molecule has 0 spiro atoms. The zero-order valence-electron chi connectivity index (χ0n) is 12.5. The lowest BCUT2D eigenvalue weighted by atomic mass is 10.00. The molecule has 0 bridgehead atoms. The zero-order chi connectivity index (χ0) is 17.3. The highest BCUT2D eigenvalue weighted by Gasteiger charge is 2.46. The molecule has 2 aromatic carbocycles. The lowest BCUT2D eigenvalue weighted by molar-refractivity contribution is -0.140. The number of halogens is 3. The lowest BCUT2D eigenvalue weighted by Gasteiger charge is -2.19. The first-order valence-corrected chi connectivity index (χ1v) is 7.46. The van der Waals surface area contributed by atoms with Crippen molar-refractivity contribution in [2.24, 2.45) is 5.92 Å². The van der Waals surface area contributed by atoms with Gasteiger partial charge in [-0.05, 0) is 29.7 Å². The molecule has 1 unspecified atom stereocenters. The maximum Gasteiger partial charge on any atom is 0.416 e. The van der Waals surface area contributed by atoms with Gasteiger partial charge in [-0.1, -0.05) is 42.5 Å². The van der Waals surface area contributed by atoms with E-state index >= 15 is 0 Å². The summed E-state index contributed by atoms with van der Waals surface area (Å²) >= 11 is 0. The van der Waals surface area contributed by atoms with Crippen LogP contribution in [-0.2, 0) is 15.7 Å². The molecule has 2 aromatic rings. The second-order valence-corrected chi connectivity index (χ2v) is 5.77. The van der Waals surface area contributed by atoms with Gasteiger partial charge in [0.1, 0.15) is 6.10 Å². The molecule has 1 aliphatic carbocycles. The summed E-state index contributed by atoms with van der Waals surface area (Å²) in [7, 11) is 0. The van der Waals surface area contributed by atoms with Crippen LogP contribution < -0.4 is 0 Å². The van der Waals surface area contributed by atoms with Crippen molar-refractivity contribution in [3.05, 3.63) is 71.3 Å². The number of hydrogen-bond donors (Lipinski definition) is 1. The minimum absolute atomic E-state index is 0.416. The minimum atomic E-state index is -4.40. The largest absolute Gasteiger partial charge is 0.481 e. The number of carboxylic acid groups (broad SMARTS) is 1. The van der Waals surface area contributed by atoms with Crippen molar-refractivity contribution < 1.29 is 27.8 Å². The zero-order valence-corrected chi connectivity index (χ0v) is 12.5. The van der Waals surface area contributed by atoms with Gasteiger partial charge in [-0.2, -0.15) is 13.2 Å². The molecule has 1 aliphatic rings. The van der Waals surface area contributed by atoms with Crippen molar-refractivity contribution in [1.29, 1.82) is 0 Å². The number of carboxylic acids is 1. The van der Waals surface area contributed by atoms with E-state index in [9.17, 15) is 18.0 Å². The predicted octanol–water partition coefficient (Wildman–Crippen LogP) is 4.28. The van der Waals surface area contributed by atoms with Gasteiger partial charge in [0.2, 0.25) is 0 Å². The average molecular weight is 336 g/mol. The predicted molar refractivity (Wildman–Crippen MR) is 80.3 cm³/mol. The molecule has 3 atom stereocenters. The van der Waals surface area contributed by atoms with E-state index in [1.54, 1.807) is 24.3 Å². The molecular formula is C18H15F3O3. The highest BCUT2D eigenvalue weighted by atomic mass is 19.4. The molecule has 0 saturated heterocycles. The van der Waals surface area contributed by atoms with E-state index in [2.05, 4.69) is 0 Å². The maximum absolute atomic E-state index is 12.7. The normalized spacial score (nSPS) is 21.3. The first kappa shape index (κ1) is 16.5. The fraction of sp³-hybridized carbons (Fsp3) is 0.278. The molecule has 3 nitrogen and oxygen atoms in total. The summed E-state index contributed by atoms with van der Waals surface area (Å²) < 4.78 is 44.0. The summed E-state index contributed by atoms with van der Waals surface area (Å²) in [5.74, 6) is -1.47. The molecule has 126 valence electrons. The van der Waals surface area contributed by atoms with Gasteiger partial charge in [-0.3, -0.25) is 4.79 Å². The molecule has 1 N–H and O–H groups in total. The highest BCUT2D eigenvalue weighted by molar-refractivity contribution is 5.74. The Morgan fingerprint density at radius 1 is 1.04 bits per heavy atom. The van der Waals surface area contributed by atoms with Gasteiger partial charge in [-0.15, -0.1) is 0 Å². The van der Waals surface area contributed by atoms with Crippen molar-refractivity contribution in [2.45, 2.75) is 24.8 Å². The average Bonchev–Trinajstić information content (AvgIpc) is 3.32. The third-order valence-corrected chi connectivity index (χ3v) is 4.00. The Hall–Kier alpha value is -2.34. The first-order chi connectivity index (χ1) is 11.4. The van der Waals surface area contributed by atoms with Crippen LogP contribution in [0.5, 0.6) is 0 Å². The third-order valence-electron chi connectivity index (χ3n) is 4.00. The Morgan fingerprint density at radius 2 is 1.62 bits per heavy atom. The van der Waals surface area contributed by atoms with Crippen LogP contribution in [0.1, 0.15) is 29.2 Å². The smallest absolute Gasteiger partial charge is 0.416 e. The summed E-state index contributed by atoms with van der Waals surface area (Å²) in [5.41, 5.74) is 0.603. The Labute approximate surface area is 136 Å². The van der Waals surface area contributed by atoms with Crippen molar-refractivity contribution in [3.63, 3.8) is 0 Å². The first-order valence-electron chi connectivity index (χ1n) is 7.46. The molecule has 1 saturated carbocycles. The van der Waals surface area contributed by atoms with Crippen LogP contribution in [0, 0.1) is 5.92 Å². The molecular weight excluding hydrogens is 321 g/mol. The summed E-state index contributed by atoms with van der Waals surface area (Å²) in [4.78, 5) is 11.0. The fourth-order valence-electron chi connectivity index (χ4n) is 2.58. The van der Waals surface area contributed by atoms with Crippen molar-refractivity contribution in [1.82, 2.24) is 0 Å². The number of carbonyl (C=O) groups is 1. The number of rotatable bonds is 5. The van der Waals surface area contributed by atoms with E-state index in [1.165, 1.54) is 12.1 Å². The SMILES string of the molecule is O=C(O)[C@@H]1C[C@H]1OC(c1ccccc1)c1ccc(C(F)(F)F)cc1. The van der Waals surface area contributed by atoms with Crippen LogP contribution >= 0.6 is 0 Å². The topological polar surface area (TPSA) is 46.5 Å². The molecule has 0 aliphatic heterocycles. The minimum Gasteiger partial charge on any atom is -0.481 e. The molecule has 0 aromatic heterocycles. The summed E-state index contributed by atoms with van der Waals surface area (Å²) in [6.45, 7) is 0. The van der Waals surface area contributed by atoms with Gasteiger partial charge in [0.25, 0.3) is 0 Å². The number of benzene rings is 2. The van der Waals surface area contributed by atoms with E-state index in [1.807, 2.05) is 6.07 Å². The Morgan fingerprint density at radius 3 is 2.12 bits per heavy atom. The number of ether oxygens (including phenoxy) is 1. The van der Waals surface area contributed by atoms with Crippen LogP contribution in [0.4, 0.5) is 13.2 Å². The van der Waals surface area contributed by atoms with Crippen LogP contribution in [0.25, 0.3) is 0 Å². The summed E-state index contributed by atoms with van der Waals surface area (Å²) in [5, 5.41) is 9.00. The molecule has 24 heavy (non-hydrogen) atoms. The molecule has 0 radical (unpaired) electrons. The van der Waals surface area contributed by atoms with E-state index in [0.29, 0.717) is 12.0 Å². The Bertz CT molecular complexity index is 711. The number of aliphatic carboxylic acids is 1. The number of hydrogen-bond acceptors (Lipinski definition) is 2. The van der Waals surface area contributed by atoms with Crippen molar-refractivity contribution in [2.75, 3.05) is 0 Å². The lowest BCUT2D eigenvalue weighted by Crippen LogP contribution is -2.12. The molecule has 0 heterocycles. The van der Waals surface area contributed by atoms with E-state index in [0.717, 1.165) is 17.7 Å². The van der Waals surface area contributed by atoms with E-state index in [-0.39, 0.29) is 0 Å². The number of alkyl halides is 3. The van der Waals surface area contributed by atoms with Crippen molar-refractivity contribution >= 4 is 5.97 Å². The maximum atomic E-state index is 12.7. The van der Waals surface area contributed by atoms with Gasteiger partial charge in [-0.25, -0.2) is 0 Å². The van der Waals surface area contributed by atoms with Gasteiger partial charge in [0.05, 0.1) is 17.6 Å². The second-order valence-electron chi connectivity index (χ2n) is 5.77. The van der Waals surface area contributed by atoms with Gasteiger partial charge in [0, 0.05) is 0 Å². The van der Waals surface area contributed by atoms with E-state index in [4.69, 9.17) is 9.84 Å². The van der Waals surface area contributed by atoms with Gasteiger partial charge >= 0.3 is 12.1 Å². The Kier molecular flexibility index (Phi) is 4.32. The third kappa shape index (κ3) is 3.59. The molecule has 6 heteroatoms. The van der Waals surface area contributed by atoms with Gasteiger partial charge < -0.3 is 9.84 Å². The van der Waals surface area contributed by atoms with Gasteiger partial charge in [0.15, 0.2) is 0 Å². The van der Waals surface area contributed by atoms with Crippen LogP contribution in [-0.4, -0.2) is 17.2 Å². The monoisotopic (exact) mass is 336 g/mol.